The second-order valence-electron chi connectivity index (χ2n) is 5.60. The van der Waals surface area contributed by atoms with Crippen LogP contribution in [0.4, 0.5) is 19.3 Å². The summed E-state index contributed by atoms with van der Waals surface area (Å²) in [5.41, 5.74) is -0.0685. The number of halogens is 2. The summed E-state index contributed by atoms with van der Waals surface area (Å²) in [5, 5.41) is 4.98. The maximum Gasteiger partial charge on any atom is 0.319 e. The fourth-order valence-corrected chi connectivity index (χ4v) is 2.40. The number of carbonyl (C=O) groups excluding carboxylic acids is 1. The molecule has 1 saturated heterocycles. The lowest BCUT2D eigenvalue weighted by Gasteiger charge is -2.26. The topological polar surface area (TPSA) is 59.6 Å². The smallest absolute Gasteiger partial charge is 0.319 e. The summed E-state index contributed by atoms with van der Waals surface area (Å²) in [6.45, 7) is 5.35. The Morgan fingerprint density at radius 1 is 1.36 bits per heavy atom. The Balaban J connectivity index is 1.77. The van der Waals surface area contributed by atoms with Gasteiger partial charge in [-0.05, 0) is 25.0 Å². The second-order valence-corrected chi connectivity index (χ2v) is 5.60. The first-order chi connectivity index (χ1) is 10.4. The summed E-state index contributed by atoms with van der Waals surface area (Å²) in [6.07, 6.45) is 0.637. The lowest BCUT2D eigenvalue weighted by molar-refractivity contribution is -0.153. The summed E-state index contributed by atoms with van der Waals surface area (Å²) in [7, 11) is 0. The molecular weight excluding hydrogens is 294 g/mol. The molecule has 1 aliphatic heterocycles. The van der Waals surface area contributed by atoms with Crippen molar-refractivity contribution in [2.75, 3.05) is 25.1 Å². The minimum atomic E-state index is -0.816. The molecule has 5 nitrogen and oxygen atoms in total. The van der Waals surface area contributed by atoms with Gasteiger partial charge in [-0.3, -0.25) is 0 Å². The molecule has 0 bridgehead atoms. The minimum Gasteiger partial charge on any atom is -0.348 e. The highest BCUT2D eigenvalue weighted by Crippen LogP contribution is 2.26. The average molecular weight is 314 g/mol. The van der Waals surface area contributed by atoms with Crippen LogP contribution in [0.1, 0.15) is 20.3 Å². The van der Waals surface area contributed by atoms with E-state index in [2.05, 4.69) is 10.6 Å². The zero-order valence-electron chi connectivity index (χ0n) is 12.6. The summed E-state index contributed by atoms with van der Waals surface area (Å²) in [5.74, 6) is -2.00. The van der Waals surface area contributed by atoms with Crippen molar-refractivity contribution in [2.45, 2.75) is 26.1 Å². The Bertz CT molecular complexity index is 534. The van der Waals surface area contributed by atoms with E-state index in [-0.39, 0.29) is 11.6 Å². The molecule has 1 unspecified atom stereocenters. The molecule has 0 aromatic heterocycles. The molecular formula is C15H20F2N2O3. The number of amides is 2. The first-order valence-corrected chi connectivity index (χ1v) is 7.16. The number of carbonyl (C=O) groups is 1. The Morgan fingerprint density at radius 2 is 2.05 bits per heavy atom. The van der Waals surface area contributed by atoms with Gasteiger partial charge in [-0.25, -0.2) is 13.6 Å². The van der Waals surface area contributed by atoms with Crippen LogP contribution in [-0.2, 0) is 9.47 Å². The van der Waals surface area contributed by atoms with E-state index < -0.39 is 23.5 Å². The van der Waals surface area contributed by atoms with Crippen molar-refractivity contribution >= 4 is 11.7 Å². The SMILES string of the molecule is CC(CNC(=O)Nc1ccc(F)cc1F)CC1(C)OCCO1. The zero-order valence-corrected chi connectivity index (χ0v) is 12.6. The molecule has 1 aromatic carbocycles. The molecule has 22 heavy (non-hydrogen) atoms. The van der Waals surface area contributed by atoms with E-state index in [1.54, 1.807) is 0 Å². The monoisotopic (exact) mass is 314 g/mol. The predicted octanol–water partition coefficient (Wildman–Crippen LogP) is 2.88. The highest BCUT2D eigenvalue weighted by Gasteiger charge is 2.32. The highest BCUT2D eigenvalue weighted by molar-refractivity contribution is 5.89. The first kappa shape index (κ1) is 16.6. The van der Waals surface area contributed by atoms with Crippen molar-refractivity contribution in [3.05, 3.63) is 29.8 Å². The number of ether oxygens (including phenoxy) is 2. The van der Waals surface area contributed by atoms with E-state index in [4.69, 9.17) is 9.47 Å². The Morgan fingerprint density at radius 3 is 2.68 bits per heavy atom. The number of benzene rings is 1. The van der Waals surface area contributed by atoms with Crippen molar-refractivity contribution in [3.8, 4) is 0 Å². The maximum absolute atomic E-state index is 13.4. The largest absolute Gasteiger partial charge is 0.348 e. The van der Waals surface area contributed by atoms with Gasteiger partial charge in [0, 0.05) is 19.0 Å². The van der Waals surface area contributed by atoms with E-state index >= 15 is 0 Å². The van der Waals surface area contributed by atoms with E-state index in [9.17, 15) is 13.6 Å². The summed E-state index contributed by atoms with van der Waals surface area (Å²) in [4.78, 5) is 11.7. The van der Waals surface area contributed by atoms with Gasteiger partial charge >= 0.3 is 6.03 Å². The van der Waals surface area contributed by atoms with Gasteiger partial charge in [0.05, 0.1) is 18.9 Å². The first-order valence-electron chi connectivity index (χ1n) is 7.16. The summed E-state index contributed by atoms with van der Waals surface area (Å²) < 4.78 is 37.2. The van der Waals surface area contributed by atoms with Gasteiger partial charge in [-0.2, -0.15) is 0 Å². The van der Waals surface area contributed by atoms with Crippen molar-refractivity contribution in [1.82, 2.24) is 5.32 Å². The molecule has 1 aliphatic rings. The molecule has 2 N–H and O–H groups in total. The molecule has 0 aliphatic carbocycles. The van der Waals surface area contributed by atoms with E-state index in [1.807, 2.05) is 13.8 Å². The molecule has 2 rings (SSSR count). The number of rotatable bonds is 5. The quantitative estimate of drug-likeness (QED) is 0.878. The molecule has 122 valence electrons. The van der Waals surface area contributed by atoms with Gasteiger partial charge in [0.25, 0.3) is 0 Å². The van der Waals surface area contributed by atoms with Crippen molar-refractivity contribution in [3.63, 3.8) is 0 Å². The van der Waals surface area contributed by atoms with Crippen molar-refractivity contribution < 1.29 is 23.0 Å². The van der Waals surface area contributed by atoms with Crippen LogP contribution in [0.15, 0.2) is 18.2 Å². The van der Waals surface area contributed by atoms with Crippen molar-refractivity contribution in [2.24, 2.45) is 5.92 Å². The Kier molecular flexibility index (Phi) is 5.31. The Labute approximate surface area is 128 Å². The van der Waals surface area contributed by atoms with E-state index in [1.165, 1.54) is 6.07 Å². The van der Waals surface area contributed by atoms with Gasteiger partial charge in [0.1, 0.15) is 11.6 Å². The number of nitrogens with one attached hydrogen (secondary N) is 2. The van der Waals surface area contributed by atoms with E-state index in [0.717, 1.165) is 6.07 Å². The highest BCUT2D eigenvalue weighted by atomic mass is 19.1. The van der Waals surface area contributed by atoms with Gasteiger partial charge < -0.3 is 20.1 Å². The van der Waals surface area contributed by atoms with Crippen LogP contribution in [0.3, 0.4) is 0 Å². The zero-order chi connectivity index (χ0) is 16.2. The standard InChI is InChI=1S/C15H20F2N2O3/c1-10(8-15(2)21-5-6-22-15)9-18-14(20)19-13-4-3-11(16)7-12(13)17/h3-4,7,10H,5-6,8-9H2,1-2H3,(H2,18,19,20). The van der Waals surface area contributed by atoms with Crippen LogP contribution in [-0.4, -0.2) is 31.6 Å². The minimum absolute atomic E-state index is 0.0685. The molecule has 0 saturated carbocycles. The third kappa shape index (κ3) is 4.64. The molecule has 1 heterocycles. The number of urea groups is 1. The number of hydrogen-bond donors (Lipinski definition) is 2. The fourth-order valence-electron chi connectivity index (χ4n) is 2.40. The van der Waals surface area contributed by atoms with Gasteiger partial charge in [0.15, 0.2) is 5.79 Å². The van der Waals surface area contributed by atoms with Crippen LogP contribution in [0.25, 0.3) is 0 Å². The van der Waals surface area contributed by atoms with Crippen LogP contribution in [0.2, 0.25) is 0 Å². The molecule has 2 amide bonds. The van der Waals surface area contributed by atoms with Crippen LogP contribution in [0.5, 0.6) is 0 Å². The normalized spacial score (nSPS) is 18.0. The van der Waals surface area contributed by atoms with Crippen LogP contribution < -0.4 is 10.6 Å². The molecule has 1 aromatic rings. The third-order valence-electron chi connectivity index (χ3n) is 3.41. The molecule has 0 spiro atoms. The van der Waals surface area contributed by atoms with Gasteiger partial charge in [0.2, 0.25) is 0 Å². The Hall–Kier alpha value is -1.73. The molecule has 7 heteroatoms. The molecule has 1 atom stereocenters. The lowest BCUT2D eigenvalue weighted by atomic mass is 10.0. The molecule has 0 radical (unpaired) electrons. The lowest BCUT2D eigenvalue weighted by Crippen LogP contribution is -2.36. The van der Waals surface area contributed by atoms with Crippen molar-refractivity contribution in [1.29, 1.82) is 0 Å². The summed E-state index contributed by atoms with van der Waals surface area (Å²) in [6, 6.07) is 2.43. The number of anilines is 1. The summed E-state index contributed by atoms with van der Waals surface area (Å²) >= 11 is 0. The maximum atomic E-state index is 13.4. The predicted molar refractivity (Wildman–Crippen MR) is 77.5 cm³/mol. The second kappa shape index (κ2) is 7.02. The van der Waals surface area contributed by atoms with Gasteiger partial charge in [-0.15, -0.1) is 0 Å². The average Bonchev–Trinajstić information content (AvgIpc) is 2.86. The van der Waals surface area contributed by atoms with Gasteiger partial charge in [-0.1, -0.05) is 6.92 Å². The van der Waals surface area contributed by atoms with E-state index in [0.29, 0.717) is 32.2 Å². The molecule has 1 fully saturated rings. The van der Waals surface area contributed by atoms with Crippen LogP contribution >= 0.6 is 0 Å². The fraction of sp³-hybridized carbons (Fsp3) is 0.533. The van der Waals surface area contributed by atoms with Crippen LogP contribution in [0, 0.1) is 17.6 Å². The third-order valence-corrected chi connectivity index (χ3v) is 3.41. The number of hydrogen-bond acceptors (Lipinski definition) is 3.